The van der Waals surface area contributed by atoms with E-state index in [1.807, 2.05) is 20.8 Å². The average Bonchev–Trinajstić information content (AvgIpc) is 3.23. The molecule has 0 aromatic rings. The van der Waals surface area contributed by atoms with Gasteiger partial charge in [0.15, 0.2) is 0 Å². The van der Waals surface area contributed by atoms with Gasteiger partial charge in [0.2, 0.25) is 11.8 Å². The van der Waals surface area contributed by atoms with Crippen molar-refractivity contribution in [1.29, 1.82) is 0 Å². The van der Waals surface area contributed by atoms with Crippen LogP contribution in [0.4, 0.5) is 0 Å². The van der Waals surface area contributed by atoms with E-state index in [0.29, 0.717) is 25.8 Å². The first-order valence-electron chi connectivity index (χ1n) is 9.84. The number of aliphatic hydroxyl groups excluding tert-OH is 1. The fraction of sp³-hybridized carbons (Fsp3) is 0.750. The van der Waals surface area contributed by atoms with Crippen molar-refractivity contribution in [3.8, 4) is 0 Å². The van der Waals surface area contributed by atoms with Gasteiger partial charge in [0.25, 0.3) is 0 Å². The Morgan fingerprint density at radius 2 is 2.11 bits per heavy atom. The van der Waals surface area contributed by atoms with Crippen molar-refractivity contribution < 1.29 is 24.6 Å². The minimum Gasteiger partial charge on any atom is -0.481 e. The molecule has 156 valence electrons. The summed E-state index contributed by atoms with van der Waals surface area (Å²) in [4.78, 5) is 42.3. The maximum atomic E-state index is 13.8. The standard InChI is InChI=1S/C20H30N2O5S/c1-5-9-22(19(2,3)4)17(25)15-20-8-7-12(28-20)13(18(26)27)14(20)16(24)21(15)10-6-11-23/h5,12-15,23H,1,6-11H2,2-4H3,(H,26,27)/t12-,13+,14-,15?,20?/m0/s1. The van der Waals surface area contributed by atoms with Crippen LogP contribution in [0.15, 0.2) is 12.7 Å². The van der Waals surface area contributed by atoms with Crippen LogP contribution in [-0.2, 0) is 14.4 Å². The van der Waals surface area contributed by atoms with E-state index in [1.54, 1.807) is 15.9 Å². The lowest BCUT2D eigenvalue weighted by atomic mass is 9.71. The van der Waals surface area contributed by atoms with E-state index < -0.39 is 34.1 Å². The summed E-state index contributed by atoms with van der Waals surface area (Å²) in [5, 5.41) is 18.9. The number of carboxylic acids is 1. The number of fused-ring (bicyclic) bond motifs is 1. The smallest absolute Gasteiger partial charge is 0.308 e. The molecule has 3 heterocycles. The fourth-order valence-corrected chi connectivity index (χ4v) is 7.37. The Morgan fingerprint density at radius 3 is 2.64 bits per heavy atom. The Labute approximate surface area is 170 Å². The molecule has 1 spiro atoms. The van der Waals surface area contributed by atoms with Gasteiger partial charge in [-0.25, -0.2) is 0 Å². The molecule has 3 fully saturated rings. The molecule has 3 aliphatic heterocycles. The van der Waals surface area contributed by atoms with Crippen molar-refractivity contribution in [2.24, 2.45) is 11.8 Å². The number of carboxylic acid groups (broad SMARTS) is 1. The van der Waals surface area contributed by atoms with Gasteiger partial charge < -0.3 is 20.0 Å². The van der Waals surface area contributed by atoms with Crippen molar-refractivity contribution in [2.45, 2.75) is 61.6 Å². The number of carbonyl (C=O) groups is 3. The highest BCUT2D eigenvalue weighted by molar-refractivity contribution is 8.02. The number of thioether (sulfide) groups is 1. The lowest BCUT2D eigenvalue weighted by Crippen LogP contribution is -2.58. The molecule has 7 nitrogen and oxygen atoms in total. The maximum Gasteiger partial charge on any atom is 0.308 e. The number of hydrogen-bond donors (Lipinski definition) is 2. The van der Waals surface area contributed by atoms with Crippen LogP contribution in [-0.4, -0.2) is 79.1 Å². The molecule has 0 radical (unpaired) electrons. The fourth-order valence-electron chi connectivity index (χ4n) is 5.17. The van der Waals surface area contributed by atoms with Gasteiger partial charge in [-0.3, -0.25) is 14.4 Å². The highest BCUT2D eigenvalue weighted by atomic mass is 32.2. The largest absolute Gasteiger partial charge is 0.481 e. The van der Waals surface area contributed by atoms with E-state index in [9.17, 15) is 24.6 Å². The van der Waals surface area contributed by atoms with Crippen molar-refractivity contribution in [2.75, 3.05) is 19.7 Å². The number of aliphatic hydroxyl groups is 1. The third-order valence-electron chi connectivity index (χ3n) is 6.26. The molecule has 5 atom stereocenters. The minimum absolute atomic E-state index is 0.0872. The Morgan fingerprint density at radius 1 is 1.43 bits per heavy atom. The molecule has 2 amide bonds. The summed E-state index contributed by atoms with van der Waals surface area (Å²) in [6, 6.07) is -0.699. The van der Waals surface area contributed by atoms with Gasteiger partial charge in [-0.15, -0.1) is 18.3 Å². The second-order valence-electron chi connectivity index (χ2n) is 8.91. The van der Waals surface area contributed by atoms with Crippen LogP contribution in [0, 0.1) is 11.8 Å². The Bertz CT molecular complexity index is 691. The molecule has 0 saturated carbocycles. The summed E-state index contributed by atoms with van der Waals surface area (Å²) in [5.74, 6) is -2.77. The van der Waals surface area contributed by atoms with Crippen LogP contribution >= 0.6 is 11.8 Å². The van der Waals surface area contributed by atoms with Gasteiger partial charge in [-0.2, -0.15) is 0 Å². The molecule has 0 aromatic carbocycles. The quantitative estimate of drug-likeness (QED) is 0.615. The molecule has 3 aliphatic rings. The average molecular weight is 411 g/mol. The Hall–Kier alpha value is -1.54. The molecule has 3 saturated heterocycles. The summed E-state index contributed by atoms with van der Waals surface area (Å²) in [5.41, 5.74) is -0.459. The highest BCUT2D eigenvalue weighted by Crippen LogP contribution is 2.66. The molecular formula is C20H30N2O5S. The zero-order valence-corrected chi connectivity index (χ0v) is 17.6. The topological polar surface area (TPSA) is 98.2 Å². The SMILES string of the molecule is C=CCN(C(=O)C1N(CCCO)C(=O)[C@@H]2[C@H](C(=O)O)[C@@H]3CCC12S3)C(C)(C)C. The van der Waals surface area contributed by atoms with E-state index >= 15 is 0 Å². The number of carbonyl (C=O) groups excluding carboxylic acids is 2. The van der Waals surface area contributed by atoms with Crippen molar-refractivity contribution in [3.05, 3.63) is 12.7 Å². The van der Waals surface area contributed by atoms with E-state index in [2.05, 4.69) is 6.58 Å². The van der Waals surface area contributed by atoms with Gasteiger partial charge in [-0.05, 0) is 40.0 Å². The predicted molar refractivity (Wildman–Crippen MR) is 107 cm³/mol. The molecule has 28 heavy (non-hydrogen) atoms. The molecule has 0 aromatic heterocycles. The second kappa shape index (κ2) is 7.37. The van der Waals surface area contributed by atoms with E-state index in [1.165, 1.54) is 11.8 Å². The van der Waals surface area contributed by atoms with Gasteiger partial charge in [0.1, 0.15) is 6.04 Å². The van der Waals surface area contributed by atoms with Gasteiger partial charge in [-0.1, -0.05) is 6.08 Å². The molecule has 8 heteroatoms. The second-order valence-corrected chi connectivity index (χ2v) is 10.5. The van der Waals surface area contributed by atoms with E-state index in [0.717, 1.165) is 0 Å². The van der Waals surface area contributed by atoms with Crippen LogP contribution in [0.2, 0.25) is 0 Å². The van der Waals surface area contributed by atoms with Crippen LogP contribution in [0.3, 0.4) is 0 Å². The zero-order valence-electron chi connectivity index (χ0n) is 16.8. The first-order valence-corrected chi connectivity index (χ1v) is 10.7. The summed E-state index contributed by atoms with van der Waals surface area (Å²) >= 11 is 1.53. The molecule has 3 rings (SSSR count). The highest BCUT2D eigenvalue weighted by Gasteiger charge is 2.74. The summed E-state index contributed by atoms with van der Waals surface area (Å²) in [6.07, 6.45) is 3.41. The summed E-state index contributed by atoms with van der Waals surface area (Å²) in [7, 11) is 0. The minimum atomic E-state index is -0.952. The number of likely N-dealkylation sites (tertiary alicyclic amines) is 1. The predicted octanol–water partition coefficient (Wildman–Crippen LogP) is 1.36. The number of amides is 2. The van der Waals surface area contributed by atoms with E-state index in [-0.39, 0.29) is 30.2 Å². The van der Waals surface area contributed by atoms with Gasteiger partial charge in [0, 0.05) is 30.5 Å². The zero-order chi connectivity index (χ0) is 20.9. The number of nitrogens with zero attached hydrogens (tertiary/aromatic N) is 2. The van der Waals surface area contributed by atoms with Gasteiger partial charge in [0.05, 0.1) is 16.6 Å². The molecule has 0 aliphatic carbocycles. The van der Waals surface area contributed by atoms with Crippen LogP contribution < -0.4 is 0 Å². The van der Waals surface area contributed by atoms with Crippen LogP contribution in [0.5, 0.6) is 0 Å². The van der Waals surface area contributed by atoms with Crippen LogP contribution in [0.1, 0.15) is 40.0 Å². The van der Waals surface area contributed by atoms with Gasteiger partial charge >= 0.3 is 5.97 Å². The maximum absolute atomic E-state index is 13.8. The number of aliphatic carboxylic acids is 1. The normalized spacial score (nSPS) is 33.9. The molecule has 2 bridgehead atoms. The third-order valence-corrected chi connectivity index (χ3v) is 8.22. The number of hydrogen-bond acceptors (Lipinski definition) is 5. The third kappa shape index (κ3) is 3.05. The lowest BCUT2D eigenvalue weighted by Gasteiger charge is -2.42. The Balaban J connectivity index is 2.05. The van der Waals surface area contributed by atoms with Crippen LogP contribution in [0.25, 0.3) is 0 Å². The van der Waals surface area contributed by atoms with Crippen molar-refractivity contribution in [3.63, 3.8) is 0 Å². The summed E-state index contributed by atoms with van der Waals surface area (Å²) < 4.78 is -0.692. The molecular weight excluding hydrogens is 380 g/mol. The summed E-state index contributed by atoms with van der Waals surface area (Å²) in [6.45, 7) is 10.1. The lowest BCUT2D eigenvalue weighted by molar-refractivity contribution is -0.148. The van der Waals surface area contributed by atoms with Crippen molar-refractivity contribution in [1.82, 2.24) is 9.80 Å². The molecule has 2 N–H and O–H groups in total. The monoisotopic (exact) mass is 410 g/mol. The first-order chi connectivity index (χ1) is 13.1. The number of rotatable bonds is 7. The molecule has 2 unspecified atom stereocenters. The van der Waals surface area contributed by atoms with Crippen molar-refractivity contribution >= 4 is 29.5 Å². The Kier molecular flexibility index (Phi) is 5.57. The van der Waals surface area contributed by atoms with E-state index in [4.69, 9.17) is 0 Å². The first kappa shape index (κ1) is 21.2.